The zero-order valence-corrected chi connectivity index (χ0v) is 15.8. The van der Waals surface area contributed by atoms with Gasteiger partial charge in [-0.2, -0.15) is 10.5 Å². The van der Waals surface area contributed by atoms with Crippen LogP contribution in [0.5, 0.6) is 0 Å². The van der Waals surface area contributed by atoms with Gasteiger partial charge in [-0.3, -0.25) is 9.59 Å². The van der Waals surface area contributed by atoms with E-state index < -0.39 is 0 Å². The number of nitrogens with two attached hydrogens (primary N) is 2. The highest BCUT2D eigenvalue weighted by Gasteiger charge is 2.16. The number of aromatic nitrogens is 2. The van der Waals surface area contributed by atoms with Crippen LogP contribution in [0.4, 0.5) is 0 Å². The topological polar surface area (TPSA) is 160 Å². The van der Waals surface area contributed by atoms with Crippen molar-refractivity contribution < 1.29 is 9.59 Å². The van der Waals surface area contributed by atoms with Gasteiger partial charge < -0.3 is 11.5 Å². The van der Waals surface area contributed by atoms with Crippen molar-refractivity contribution in [2.75, 3.05) is 11.5 Å². The van der Waals surface area contributed by atoms with E-state index in [1.165, 1.54) is 25.2 Å². The molecule has 0 aliphatic rings. The zero-order chi connectivity index (χ0) is 19.0. The molecule has 0 amide bonds. The molecule has 0 aliphatic heterocycles. The average Bonchev–Trinajstić information content (AvgIpc) is 2.99. The summed E-state index contributed by atoms with van der Waals surface area (Å²) in [5.41, 5.74) is 11.2. The fraction of sp³-hybridized carbons (Fsp3) is 0.286. The monoisotopic (exact) mass is 394 g/mol. The third-order valence-electron chi connectivity index (χ3n) is 2.61. The van der Waals surface area contributed by atoms with Gasteiger partial charge in [0.2, 0.25) is 0 Å². The molecule has 130 valence electrons. The highest BCUT2D eigenvalue weighted by atomic mass is 32.2. The number of rotatable bonds is 8. The van der Waals surface area contributed by atoms with Crippen LogP contribution < -0.4 is 11.5 Å². The van der Waals surface area contributed by atoms with E-state index in [9.17, 15) is 9.59 Å². The van der Waals surface area contributed by atoms with Crippen molar-refractivity contribution in [3.63, 3.8) is 0 Å². The summed E-state index contributed by atoms with van der Waals surface area (Å²) in [6.07, 6.45) is 0. The summed E-state index contributed by atoms with van der Waals surface area (Å²) >= 11 is 3.48. The summed E-state index contributed by atoms with van der Waals surface area (Å²) in [6, 6.07) is 3.55. The Labute approximate surface area is 157 Å². The fourth-order valence-corrected chi connectivity index (χ4v) is 4.22. The van der Waals surface area contributed by atoms with Gasteiger partial charge in [0.1, 0.15) is 23.3 Å². The van der Waals surface area contributed by atoms with Crippen molar-refractivity contribution in [3.05, 3.63) is 22.5 Å². The lowest BCUT2D eigenvalue weighted by atomic mass is 10.2. The predicted octanol–water partition coefficient (Wildman–Crippen LogP) is 1.37. The molecule has 11 heteroatoms. The van der Waals surface area contributed by atoms with Gasteiger partial charge in [-0.15, -0.1) is 10.2 Å². The quantitative estimate of drug-likeness (QED) is 0.374. The lowest BCUT2D eigenvalue weighted by Gasteiger charge is -1.99. The Kier molecular flexibility index (Phi) is 8.15. The molecule has 0 saturated carbocycles. The SMILES string of the molecule is C/C(N)=C(\C#N)C(=O)CSc1nnc(SCC(=O)/C(C#N)=C(\C)N)s1. The molecule has 4 N–H and O–H groups in total. The first-order chi connectivity index (χ1) is 11.8. The highest BCUT2D eigenvalue weighted by Crippen LogP contribution is 2.29. The molecule has 0 bridgehead atoms. The first-order valence-electron chi connectivity index (χ1n) is 6.68. The van der Waals surface area contributed by atoms with Gasteiger partial charge in [0.15, 0.2) is 20.2 Å². The van der Waals surface area contributed by atoms with E-state index >= 15 is 0 Å². The lowest BCUT2D eigenvalue weighted by Crippen LogP contribution is -2.10. The van der Waals surface area contributed by atoms with Crippen molar-refractivity contribution in [2.45, 2.75) is 22.5 Å². The summed E-state index contributed by atoms with van der Waals surface area (Å²) in [7, 11) is 0. The van der Waals surface area contributed by atoms with Gasteiger partial charge in [-0.25, -0.2) is 0 Å². The van der Waals surface area contributed by atoms with Crippen molar-refractivity contribution in [1.82, 2.24) is 10.2 Å². The number of ketones is 2. The Morgan fingerprint density at radius 3 is 1.60 bits per heavy atom. The molecule has 0 fully saturated rings. The Balaban J connectivity index is 2.61. The Morgan fingerprint density at radius 2 is 1.32 bits per heavy atom. The number of nitrogens with zero attached hydrogens (tertiary/aromatic N) is 4. The maximum Gasteiger partial charge on any atom is 0.185 e. The van der Waals surface area contributed by atoms with E-state index in [2.05, 4.69) is 10.2 Å². The third kappa shape index (κ3) is 6.23. The van der Waals surface area contributed by atoms with Gasteiger partial charge in [0, 0.05) is 11.4 Å². The van der Waals surface area contributed by atoms with Crippen LogP contribution in [0.2, 0.25) is 0 Å². The van der Waals surface area contributed by atoms with Crippen LogP contribution in [0.3, 0.4) is 0 Å². The number of carbonyl (C=O) groups is 2. The van der Waals surface area contributed by atoms with Crippen LogP contribution in [0.15, 0.2) is 31.2 Å². The minimum atomic E-state index is -0.380. The molecule has 1 aromatic heterocycles. The normalized spacial score (nSPS) is 12.5. The van der Waals surface area contributed by atoms with Gasteiger partial charge in [-0.05, 0) is 13.8 Å². The second kappa shape index (κ2) is 9.84. The second-order valence-electron chi connectivity index (χ2n) is 4.60. The molecular formula is C14H14N6O2S3. The summed E-state index contributed by atoms with van der Waals surface area (Å²) in [5, 5.41) is 25.6. The molecule has 0 atom stereocenters. The van der Waals surface area contributed by atoms with Crippen LogP contribution in [-0.2, 0) is 9.59 Å². The average molecular weight is 395 g/mol. The van der Waals surface area contributed by atoms with Crippen LogP contribution in [0, 0.1) is 22.7 Å². The minimum absolute atomic E-state index is 0.0172. The van der Waals surface area contributed by atoms with E-state index in [1.54, 1.807) is 12.1 Å². The summed E-state index contributed by atoms with van der Waals surface area (Å²) in [5.74, 6) is -0.726. The minimum Gasteiger partial charge on any atom is -0.401 e. The molecule has 0 aliphatic carbocycles. The third-order valence-corrected chi connectivity index (χ3v) is 5.80. The number of Topliss-reactive ketones (excluding diaryl/α,β-unsaturated/α-hetero) is 2. The smallest absolute Gasteiger partial charge is 0.185 e. The van der Waals surface area contributed by atoms with Gasteiger partial charge in [0.05, 0.1) is 11.5 Å². The summed E-state index contributed by atoms with van der Waals surface area (Å²) < 4.78 is 1.06. The molecule has 0 spiro atoms. The van der Waals surface area contributed by atoms with Gasteiger partial charge in [0.25, 0.3) is 0 Å². The van der Waals surface area contributed by atoms with Gasteiger partial charge >= 0.3 is 0 Å². The van der Waals surface area contributed by atoms with Crippen LogP contribution in [-0.4, -0.2) is 33.3 Å². The Bertz CT molecular complexity index is 754. The number of nitriles is 2. The van der Waals surface area contributed by atoms with E-state index in [0.29, 0.717) is 8.68 Å². The zero-order valence-electron chi connectivity index (χ0n) is 13.4. The molecule has 0 saturated heterocycles. The molecule has 25 heavy (non-hydrogen) atoms. The van der Waals surface area contributed by atoms with E-state index in [4.69, 9.17) is 22.0 Å². The largest absolute Gasteiger partial charge is 0.401 e. The van der Waals surface area contributed by atoms with Crippen molar-refractivity contribution >= 4 is 46.4 Å². The van der Waals surface area contributed by atoms with E-state index in [0.717, 1.165) is 23.5 Å². The van der Waals surface area contributed by atoms with Crippen LogP contribution in [0.25, 0.3) is 0 Å². The molecule has 8 nitrogen and oxygen atoms in total. The molecular weight excluding hydrogens is 380 g/mol. The van der Waals surface area contributed by atoms with Crippen molar-refractivity contribution in [2.24, 2.45) is 11.5 Å². The molecule has 0 radical (unpaired) electrons. The Morgan fingerprint density at radius 1 is 0.960 bits per heavy atom. The molecule has 1 heterocycles. The second-order valence-corrected chi connectivity index (χ2v) is 8.02. The number of thioether (sulfide) groups is 2. The summed E-state index contributed by atoms with van der Waals surface area (Å²) in [6.45, 7) is 2.98. The molecule has 1 rings (SSSR count). The number of allylic oxidation sites excluding steroid dienone is 4. The number of hydrogen-bond donors (Lipinski definition) is 2. The maximum absolute atomic E-state index is 11.9. The number of hydrogen-bond acceptors (Lipinski definition) is 11. The summed E-state index contributed by atoms with van der Waals surface area (Å²) in [4.78, 5) is 23.7. The van der Waals surface area contributed by atoms with E-state index in [-0.39, 0.29) is 45.6 Å². The first-order valence-corrected chi connectivity index (χ1v) is 9.47. The van der Waals surface area contributed by atoms with Gasteiger partial charge in [-0.1, -0.05) is 34.9 Å². The standard InChI is InChI=1S/C14H14N6O2S3/c1-7(17)9(3-15)11(21)5-23-13-19-20-14(25-13)24-6-12(22)10(4-16)8(2)18/h5-6,17-18H2,1-2H3/b9-7-,10-8+. The van der Waals surface area contributed by atoms with Crippen molar-refractivity contribution in [3.8, 4) is 12.1 Å². The van der Waals surface area contributed by atoms with Crippen LogP contribution in [0.1, 0.15) is 13.8 Å². The van der Waals surface area contributed by atoms with Crippen LogP contribution >= 0.6 is 34.9 Å². The van der Waals surface area contributed by atoms with E-state index in [1.807, 2.05) is 0 Å². The van der Waals surface area contributed by atoms with Crippen molar-refractivity contribution in [1.29, 1.82) is 10.5 Å². The fourth-order valence-electron chi connectivity index (χ4n) is 1.45. The molecule has 0 aromatic carbocycles. The number of carbonyl (C=O) groups excluding carboxylic acids is 2. The predicted molar refractivity (Wildman–Crippen MR) is 96.4 cm³/mol. The first kappa shape index (κ1) is 20.7. The maximum atomic E-state index is 11.9. The molecule has 0 unspecified atom stereocenters. The Hall–Kier alpha value is -2.34. The molecule has 1 aromatic rings. The lowest BCUT2D eigenvalue weighted by molar-refractivity contribution is -0.113. The highest BCUT2D eigenvalue weighted by molar-refractivity contribution is 8.03.